The molecular weight excluding hydrogens is 234 g/mol. The topological polar surface area (TPSA) is 65.5 Å². The fraction of sp³-hybridized carbons (Fsp3) is 0.462. The van der Waals surface area contributed by atoms with E-state index in [0.29, 0.717) is 5.56 Å². The minimum Gasteiger partial charge on any atom is -0.457 e. The molecule has 0 aliphatic heterocycles. The Labute approximate surface area is 106 Å². The summed E-state index contributed by atoms with van der Waals surface area (Å²) in [6.45, 7) is 6.51. The first-order chi connectivity index (χ1) is 8.29. The van der Waals surface area contributed by atoms with Gasteiger partial charge in [-0.15, -0.1) is 0 Å². The maximum atomic E-state index is 12.0. The van der Waals surface area contributed by atoms with Gasteiger partial charge in [-0.2, -0.15) is 0 Å². The van der Waals surface area contributed by atoms with Crippen molar-refractivity contribution in [2.24, 2.45) is 0 Å². The van der Waals surface area contributed by atoms with E-state index < -0.39 is 23.6 Å². The van der Waals surface area contributed by atoms with E-state index >= 15 is 0 Å². The highest BCUT2D eigenvalue weighted by atomic mass is 16.6. The summed E-state index contributed by atoms with van der Waals surface area (Å²) < 4.78 is 10.2. The summed E-state index contributed by atoms with van der Waals surface area (Å²) in [6, 6.07) is 3.22. The molecule has 0 saturated carbocycles. The minimum absolute atomic E-state index is 0.537. The Morgan fingerprint density at radius 1 is 1.22 bits per heavy atom. The maximum Gasteiger partial charge on any atom is 0.352 e. The Balaban J connectivity index is 2.92. The van der Waals surface area contributed by atoms with Gasteiger partial charge in [-0.1, -0.05) is 0 Å². The van der Waals surface area contributed by atoms with E-state index in [2.05, 4.69) is 4.98 Å². The molecule has 0 bridgehead atoms. The molecule has 1 rings (SSSR count). The zero-order valence-electron chi connectivity index (χ0n) is 11.0. The first-order valence-corrected chi connectivity index (χ1v) is 5.59. The quantitative estimate of drug-likeness (QED) is 0.769. The molecule has 1 aromatic rings. The van der Waals surface area contributed by atoms with E-state index in [1.807, 2.05) is 0 Å². The van der Waals surface area contributed by atoms with E-state index in [0.717, 1.165) is 0 Å². The van der Waals surface area contributed by atoms with Gasteiger partial charge in [0.15, 0.2) is 0 Å². The smallest absolute Gasteiger partial charge is 0.352 e. The van der Waals surface area contributed by atoms with Crippen LogP contribution < -0.4 is 0 Å². The first kappa shape index (κ1) is 14.2. The number of carbonyl (C=O) groups is 2. The third kappa shape index (κ3) is 4.53. The largest absolute Gasteiger partial charge is 0.457 e. The van der Waals surface area contributed by atoms with Crippen molar-refractivity contribution < 1.29 is 19.1 Å². The molecule has 0 aromatic carbocycles. The van der Waals surface area contributed by atoms with Crippen LogP contribution in [-0.2, 0) is 19.1 Å². The van der Waals surface area contributed by atoms with Crippen LogP contribution in [-0.4, -0.2) is 22.5 Å². The molecule has 0 fully saturated rings. The lowest BCUT2D eigenvalue weighted by Crippen LogP contribution is -2.29. The lowest BCUT2D eigenvalue weighted by atomic mass is 10.1. The van der Waals surface area contributed by atoms with Crippen LogP contribution in [0.2, 0.25) is 0 Å². The highest BCUT2D eigenvalue weighted by Crippen LogP contribution is 2.21. The monoisotopic (exact) mass is 251 g/mol. The Kier molecular flexibility index (Phi) is 4.42. The number of hydrogen-bond donors (Lipinski definition) is 0. The van der Waals surface area contributed by atoms with Crippen LogP contribution in [0.1, 0.15) is 39.4 Å². The molecule has 0 amide bonds. The number of ether oxygens (including phenoxy) is 2. The van der Waals surface area contributed by atoms with Gasteiger partial charge in [-0.3, -0.25) is 9.78 Å². The number of hydrogen-bond acceptors (Lipinski definition) is 5. The zero-order valence-corrected chi connectivity index (χ0v) is 11.0. The van der Waals surface area contributed by atoms with Crippen LogP contribution in [0, 0.1) is 0 Å². The summed E-state index contributed by atoms with van der Waals surface area (Å²) in [4.78, 5) is 26.9. The number of rotatable bonds is 3. The molecule has 0 saturated heterocycles. The predicted molar refractivity (Wildman–Crippen MR) is 64.6 cm³/mol. The lowest BCUT2D eigenvalue weighted by molar-refractivity contribution is -0.175. The molecule has 1 aromatic heterocycles. The first-order valence-electron chi connectivity index (χ1n) is 5.59. The molecule has 0 spiro atoms. The summed E-state index contributed by atoms with van der Waals surface area (Å²) in [6.07, 6.45) is 2.00. The average Bonchev–Trinajstić information content (AvgIpc) is 2.24. The molecule has 1 atom stereocenters. The van der Waals surface area contributed by atoms with Crippen molar-refractivity contribution in [2.75, 3.05) is 0 Å². The molecule has 1 heterocycles. The van der Waals surface area contributed by atoms with Crippen molar-refractivity contribution in [1.29, 1.82) is 0 Å². The van der Waals surface area contributed by atoms with Gasteiger partial charge in [-0.05, 0) is 32.9 Å². The molecule has 0 radical (unpaired) electrons. The van der Waals surface area contributed by atoms with E-state index in [9.17, 15) is 9.59 Å². The Hall–Kier alpha value is -1.91. The second-order valence-corrected chi connectivity index (χ2v) is 4.80. The summed E-state index contributed by atoms with van der Waals surface area (Å²) in [5, 5.41) is 0. The number of nitrogens with zero attached hydrogens (tertiary/aromatic N) is 1. The molecule has 98 valence electrons. The average molecular weight is 251 g/mol. The highest BCUT2D eigenvalue weighted by molar-refractivity contribution is 5.80. The van der Waals surface area contributed by atoms with Gasteiger partial charge in [0, 0.05) is 24.9 Å². The highest BCUT2D eigenvalue weighted by Gasteiger charge is 2.29. The van der Waals surface area contributed by atoms with Crippen molar-refractivity contribution in [3.05, 3.63) is 30.1 Å². The van der Waals surface area contributed by atoms with Gasteiger partial charge in [0.05, 0.1) is 0 Å². The summed E-state index contributed by atoms with van der Waals surface area (Å²) in [5.41, 5.74) is -0.0999. The SMILES string of the molecule is CC(=O)OC(C(=O)OC(C)(C)C)c1ccncc1. The maximum absolute atomic E-state index is 12.0. The predicted octanol–water partition coefficient (Wildman–Crippen LogP) is 2.03. The molecule has 0 N–H and O–H groups in total. The van der Waals surface area contributed by atoms with Crippen molar-refractivity contribution in [3.8, 4) is 0 Å². The number of pyridine rings is 1. The molecule has 18 heavy (non-hydrogen) atoms. The molecule has 1 unspecified atom stereocenters. The van der Waals surface area contributed by atoms with Crippen molar-refractivity contribution >= 4 is 11.9 Å². The van der Waals surface area contributed by atoms with Crippen LogP contribution in [0.5, 0.6) is 0 Å². The Bertz CT molecular complexity index is 422. The van der Waals surface area contributed by atoms with Gasteiger partial charge in [0.25, 0.3) is 0 Å². The fourth-order valence-corrected chi connectivity index (χ4v) is 1.31. The zero-order chi connectivity index (χ0) is 13.8. The van der Waals surface area contributed by atoms with Gasteiger partial charge >= 0.3 is 11.9 Å². The standard InChI is InChI=1S/C13H17NO4/c1-9(15)17-11(10-5-7-14-8-6-10)12(16)18-13(2,3)4/h5-8,11H,1-4H3. The van der Waals surface area contributed by atoms with Gasteiger partial charge in [0.2, 0.25) is 6.10 Å². The van der Waals surface area contributed by atoms with Crippen molar-refractivity contribution in [1.82, 2.24) is 4.98 Å². The van der Waals surface area contributed by atoms with Crippen molar-refractivity contribution in [3.63, 3.8) is 0 Å². The van der Waals surface area contributed by atoms with Crippen LogP contribution in [0.4, 0.5) is 0 Å². The van der Waals surface area contributed by atoms with Gasteiger partial charge in [0.1, 0.15) is 5.60 Å². The Morgan fingerprint density at radius 3 is 2.22 bits per heavy atom. The minimum atomic E-state index is -1.05. The van der Waals surface area contributed by atoms with E-state index in [4.69, 9.17) is 9.47 Å². The third-order valence-electron chi connectivity index (χ3n) is 1.91. The summed E-state index contributed by atoms with van der Waals surface area (Å²) in [7, 11) is 0. The normalized spacial score (nSPS) is 12.7. The van der Waals surface area contributed by atoms with Crippen LogP contribution in [0.3, 0.4) is 0 Å². The number of carbonyl (C=O) groups excluding carboxylic acids is 2. The van der Waals surface area contributed by atoms with Crippen molar-refractivity contribution in [2.45, 2.75) is 39.4 Å². The molecule has 0 aliphatic rings. The summed E-state index contributed by atoms with van der Waals surface area (Å²) >= 11 is 0. The van der Waals surface area contributed by atoms with Gasteiger partial charge in [-0.25, -0.2) is 4.79 Å². The molecule has 0 aliphatic carbocycles. The molecule has 5 nitrogen and oxygen atoms in total. The lowest BCUT2D eigenvalue weighted by Gasteiger charge is -2.23. The Morgan fingerprint density at radius 2 is 1.78 bits per heavy atom. The van der Waals surface area contributed by atoms with E-state index in [1.165, 1.54) is 19.3 Å². The fourth-order valence-electron chi connectivity index (χ4n) is 1.31. The van der Waals surface area contributed by atoms with E-state index in [1.54, 1.807) is 32.9 Å². The number of esters is 2. The van der Waals surface area contributed by atoms with E-state index in [-0.39, 0.29) is 0 Å². The second kappa shape index (κ2) is 5.62. The molecular formula is C13H17NO4. The molecule has 5 heteroatoms. The van der Waals surface area contributed by atoms with Crippen LogP contribution in [0.15, 0.2) is 24.5 Å². The third-order valence-corrected chi connectivity index (χ3v) is 1.91. The number of aromatic nitrogens is 1. The second-order valence-electron chi connectivity index (χ2n) is 4.80. The van der Waals surface area contributed by atoms with Crippen LogP contribution in [0.25, 0.3) is 0 Å². The van der Waals surface area contributed by atoms with Crippen LogP contribution >= 0.6 is 0 Å². The van der Waals surface area contributed by atoms with Gasteiger partial charge < -0.3 is 9.47 Å². The summed E-state index contributed by atoms with van der Waals surface area (Å²) in [5.74, 6) is -1.13.